The van der Waals surface area contributed by atoms with Gasteiger partial charge in [0, 0.05) is 12.3 Å². The van der Waals surface area contributed by atoms with Crippen LogP contribution in [0.15, 0.2) is 59.3 Å². The monoisotopic (exact) mass is 264 g/mol. The van der Waals surface area contributed by atoms with Crippen molar-refractivity contribution in [2.24, 2.45) is 0 Å². The Labute approximate surface area is 116 Å². The molecule has 1 N–H and O–H groups in total. The normalized spacial score (nSPS) is 10.2. The van der Waals surface area contributed by atoms with Crippen LogP contribution in [0.5, 0.6) is 0 Å². The van der Waals surface area contributed by atoms with Gasteiger partial charge in [-0.05, 0) is 24.3 Å². The third kappa shape index (κ3) is 2.40. The molecule has 0 fully saturated rings. The van der Waals surface area contributed by atoms with Gasteiger partial charge in [-0.15, -0.1) is 0 Å². The highest BCUT2D eigenvalue weighted by atomic mass is 16.3. The first-order chi connectivity index (χ1) is 9.86. The van der Waals surface area contributed by atoms with Crippen LogP contribution in [-0.2, 0) is 6.54 Å². The van der Waals surface area contributed by atoms with Crippen LogP contribution in [-0.4, -0.2) is 9.78 Å². The number of nitrogens with one attached hydrogen (secondary N) is 1. The second kappa shape index (κ2) is 5.33. The number of nitriles is 1. The SMILES string of the molecule is N#Cc1ccccc1-n1ccc(NCc2ccco2)n1. The number of hydrogen-bond donors (Lipinski definition) is 1. The van der Waals surface area contributed by atoms with Crippen LogP contribution in [0.25, 0.3) is 5.69 Å². The molecular weight excluding hydrogens is 252 g/mol. The van der Waals surface area contributed by atoms with Crippen molar-refractivity contribution in [3.05, 3.63) is 66.2 Å². The van der Waals surface area contributed by atoms with E-state index >= 15 is 0 Å². The van der Waals surface area contributed by atoms with Crippen LogP contribution in [0.4, 0.5) is 5.82 Å². The van der Waals surface area contributed by atoms with Gasteiger partial charge in [0.05, 0.1) is 24.1 Å². The summed E-state index contributed by atoms with van der Waals surface area (Å²) in [6, 6.07) is 15.1. The summed E-state index contributed by atoms with van der Waals surface area (Å²) in [6.07, 6.45) is 3.46. The largest absolute Gasteiger partial charge is 0.467 e. The highest BCUT2D eigenvalue weighted by Gasteiger charge is 2.05. The van der Waals surface area contributed by atoms with E-state index in [0.29, 0.717) is 12.1 Å². The highest BCUT2D eigenvalue weighted by Crippen LogP contribution is 2.15. The Hall–Kier alpha value is -3.00. The summed E-state index contributed by atoms with van der Waals surface area (Å²) in [4.78, 5) is 0. The fourth-order valence-corrected chi connectivity index (χ4v) is 1.91. The molecule has 0 bridgehead atoms. The summed E-state index contributed by atoms with van der Waals surface area (Å²) in [6.45, 7) is 0.573. The topological polar surface area (TPSA) is 66.8 Å². The third-order valence-electron chi connectivity index (χ3n) is 2.88. The van der Waals surface area contributed by atoms with Gasteiger partial charge in [0.25, 0.3) is 0 Å². The van der Waals surface area contributed by atoms with Crippen molar-refractivity contribution >= 4 is 5.82 Å². The lowest BCUT2D eigenvalue weighted by Gasteiger charge is -2.03. The van der Waals surface area contributed by atoms with Crippen molar-refractivity contribution in [2.75, 3.05) is 5.32 Å². The Morgan fingerprint density at radius 3 is 2.90 bits per heavy atom. The van der Waals surface area contributed by atoms with Crippen LogP contribution < -0.4 is 5.32 Å². The van der Waals surface area contributed by atoms with Crippen molar-refractivity contribution in [1.29, 1.82) is 5.26 Å². The van der Waals surface area contributed by atoms with E-state index in [1.807, 2.05) is 42.6 Å². The Kier molecular flexibility index (Phi) is 3.21. The van der Waals surface area contributed by atoms with Crippen molar-refractivity contribution < 1.29 is 4.42 Å². The quantitative estimate of drug-likeness (QED) is 0.786. The molecule has 0 radical (unpaired) electrons. The first-order valence-electron chi connectivity index (χ1n) is 6.18. The van der Waals surface area contributed by atoms with E-state index in [4.69, 9.17) is 9.68 Å². The predicted molar refractivity (Wildman–Crippen MR) is 74.3 cm³/mol. The molecular formula is C15H12N4O. The Morgan fingerprint density at radius 1 is 1.20 bits per heavy atom. The van der Waals surface area contributed by atoms with Gasteiger partial charge in [-0.2, -0.15) is 10.4 Å². The Balaban J connectivity index is 1.78. The fourth-order valence-electron chi connectivity index (χ4n) is 1.91. The molecule has 0 aliphatic rings. The van der Waals surface area contributed by atoms with Crippen molar-refractivity contribution in [2.45, 2.75) is 6.54 Å². The van der Waals surface area contributed by atoms with Crippen LogP contribution in [0.2, 0.25) is 0 Å². The van der Waals surface area contributed by atoms with Gasteiger partial charge in [0.1, 0.15) is 17.6 Å². The first-order valence-corrected chi connectivity index (χ1v) is 6.18. The van der Waals surface area contributed by atoms with Gasteiger partial charge in [0.2, 0.25) is 0 Å². The number of benzene rings is 1. The fraction of sp³-hybridized carbons (Fsp3) is 0.0667. The van der Waals surface area contributed by atoms with E-state index in [-0.39, 0.29) is 0 Å². The van der Waals surface area contributed by atoms with E-state index in [2.05, 4.69) is 16.5 Å². The number of hydrogen-bond acceptors (Lipinski definition) is 4. The van der Waals surface area contributed by atoms with E-state index in [0.717, 1.165) is 17.3 Å². The number of nitrogens with zero attached hydrogens (tertiary/aromatic N) is 3. The van der Waals surface area contributed by atoms with E-state index in [1.54, 1.807) is 17.0 Å². The second-order valence-corrected chi connectivity index (χ2v) is 4.21. The van der Waals surface area contributed by atoms with E-state index < -0.39 is 0 Å². The molecule has 0 unspecified atom stereocenters. The summed E-state index contributed by atoms with van der Waals surface area (Å²) >= 11 is 0. The maximum atomic E-state index is 9.10. The lowest BCUT2D eigenvalue weighted by atomic mass is 10.2. The predicted octanol–water partition coefficient (Wildman–Crippen LogP) is 2.95. The van der Waals surface area contributed by atoms with E-state index in [9.17, 15) is 0 Å². The molecule has 5 nitrogen and oxygen atoms in total. The van der Waals surface area contributed by atoms with E-state index in [1.165, 1.54) is 0 Å². The zero-order valence-corrected chi connectivity index (χ0v) is 10.7. The molecule has 0 amide bonds. The maximum Gasteiger partial charge on any atom is 0.148 e. The third-order valence-corrected chi connectivity index (χ3v) is 2.88. The van der Waals surface area contributed by atoms with Gasteiger partial charge in [-0.1, -0.05) is 12.1 Å². The summed E-state index contributed by atoms with van der Waals surface area (Å²) in [5, 5.41) is 16.7. The summed E-state index contributed by atoms with van der Waals surface area (Å²) in [7, 11) is 0. The number of aromatic nitrogens is 2. The van der Waals surface area contributed by atoms with Gasteiger partial charge in [0.15, 0.2) is 0 Å². The standard InChI is InChI=1S/C15H12N4O/c16-10-12-4-1-2-6-14(12)19-8-7-15(18-19)17-11-13-5-3-9-20-13/h1-9H,11H2,(H,17,18). The minimum absolute atomic E-state index is 0.573. The van der Waals surface area contributed by atoms with Gasteiger partial charge in [-0.3, -0.25) is 0 Å². The average molecular weight is 264 g/mol. The molecule has 5 heteroatoms. The highest BCUT2D eigenvalue weighted by molar-refractivity contribution is 5.49. The molecule has 1 aromatic carbocycles. The summed E-state index contributed by atoms with van der Waals surface area (Å²) in [5.41, 5.74) is 1.36. The lowest BCUT2D eigenvalue weighted by molar-refractivity contribution is 0.517. The van der Waals surface area contributed by atoms with Crippen molar-refractivity contribution in [1.82, 2.24) is 9.78 Å². The molecule has 2 heterocycles. The Bertz CT molecular complexity index is 737. The molecule has 3 aromatic rings. The molecule has 0 saturated heterocycles. The Morgan fingerprint density at radius 2 is 2.10 bits per heavy atom. The number of rotatable bonds is 4. The molecule has 3 rings (SSSR count). The average Bonchev–Trinajstić information content (AvgIpc) is 3.16. The zero-order valence-electron chi connectivity index (χ0n) is 10.7. The van der Waals surface area contributed by atoms with Crippen LogP contribution in [0.3, 0.4) is 0 Å². The molecule has 0 saturated carbocycles. The smallest absolute Gasteiger partial charge is 0.148 e. The second-order valence-electron chi connectivity index (χ2n) is 4.21. The lowest BCUT2D eigenvalue weighted by Crippen LogP contribution is -2.02. The van der Waals surface area contributed by atoms with Crippen LogP contribution in [0.1, 0.15) is 11.3 Å². The zero-order chi connectivity index (χ0) is 13.8. The minimum Gasteiger partial charge on any atom is -0.467 e. The number of para-hydroxylation sites is 1. The first kappa shape index (κ1) is 12.1. The van der Waals surface area contributed by atoms with Gasteiger partial charge >= 0.3 is 0 Å². The number of furan rings is 1. The maximum absolute atomic E-state index is 9.10. The van der Waals surface area contributed by atoms with Gasteiger partial charge in [-0.25, -0.2) is 4.68 Å². The molecule has 0 atom stereocenters. The molecule has 0 spiro atoms. The molecule has 2 aromatic heterocycles. The van der Waals surface area contributed by atoms with Crippen LogP contribution in [0, 0.1) is 11.3 Å². The minimum atomic E-state index is 0.573. The summed E-state index contributed by atoms with van der Waals surface area (Å²) in [5.74, 6) is 1.58. The van der Waals surface area contributed by atoms with Crippen LogP contribution >= 0.6 is 0 Å². The molecule has 0 aliphatic carbocycles. The number of anilines is 1. The molecule has 20 heavy (non-hydrogen) atoms. The molecule has 0 aliphatic heterocycles. The summed E-state index contributed by atoms with van der Waals surface area (Å²) < 4.78 is 6.93. The van der Waals surface area contributed by atoms with Crippen molar-refractivity contribution in [3.8, 4) is 11.8 Å². The molecule has 98 valence electrons. The van der Waals surface area contributed by atoms with Crippen molar-refractivity contribution in [3.63, 3.8) is 0 Å². The van der Waals surface area contributed by atoms with Gasteiger partial charge < -0.3 is 9.73 Å².